The summed E-state index contributed by atoms with van der Waals surface area (Å²) in [6.45, 7) is 0.0595. The summed E-state index contributed by atoms with van der Waals surface area (Å²) >= 11 is 5.90. The summed E-state index contributed by atoms with van der Waals surface area (Å²) in [5.74, 6) is 0. The van der Waals surface area contributed by atoms with Gasteiger partial charge in [0.25, 0.3) is 5.56 Å². The largest absolute Gasteiger partial charge is 0.386 e. The molecule has 0 saturated heterocycles. The van der Waals surface area contributed by atoms with Gasteiger partial charge in [0.1, 0.15) is 0 Å². The van der Waals surface area contributed by atoms with Crippen LogP contribution < -0.4 is 5.56 Å². The maximum Gasteiger partial charge on any atom is 0.276 e. The molecule has 0 spiro atoms. The summed E-state index contributed by atoms with van der Waals surface area (Å²) in [6, 6.07) is 10.3. The Kier molecular flexibility index (Phi) is 3.68. The van der Waals surface area contributed by atoms with Gasteiger partial charge in [0.15, 0.2) is 0 Å². The van der Waals surface area contributed by atoms with Crippen LogP contribution in [-0.2, 0) is 6.54 Å². The van der Waals surface area contributed by atoms with Crippen molar-refractivity contribution < 1.29 is 5.11 Å². The first-order chi connectivity index (χ1) is 10.1. The van der Waals surface area contributed by atoms with E-state index in [-0.39, 0.29) is 12.1 Å². The number of fused-ring (bicyclic) bond motifs is 1. The Balaban J connectivity index is 1.95. The number of benzene rings is 1. The highest BCUT2D eigenvalue weighted by molar-refractivity contribution is 6.30. The lowest BCUT2D eigenvalue weighted by Gasteiger charge is -2.12. The molecule has 1 atom stereocenters. The first-order valence-corrected chi connectivity index (χ1v) is 6.77. The zero-order valence-corrected chi connectivity index (χ0v) is 11.7. The summed E-state index contributed by atoms with van der Waals surface area (Å²) in [7, 11) is 0. The summed E-state index contributed by atoms with van der Waals surface area (Å²) in [5, 5.41) is 15.3. The molecule has 1 aromatic carbocycles. The number of halogens is 1. The van der Waals surface area contributed by atoms with Gasteiger partial charge >= 0.3 is 0 Å². The van der Waals surface area contributed by atoms with Gasteiger partial charge in [-0.1, -0.05) is 23.7 Å². The molecular weight excluding hydrogens is 290 g/mol. The second kappa shape index (κ2) is 5.63. The van der Waals surface area contributed by atoms with Crippen LogP contribution in [0.15, 0.2) is 53.6 Å². The van der Waals surface area contributed by atoms with E-state index < -0.39 is 6.10 Å². The van der Waals surface area contributed by atoms with E-state index in [0.29, 0.717) is 21.5 Å². The Labute approximate surface area is 125 Å². The molecule has 5 nitrogen and oxygen atoms in total. The Morgan fingerprint density at radius 3 is 2.95 bits per heavy atom. The topological polar surface area (TPSA) is 68.0 Å². The quantitative estimate of drug-likeness (QED) is 0.805. The fraction of sp³-hybridized carbons (Fsp3) is 0.133. The average Bonchev–Trinajstić information content (AvgIpc) is 2.50. The molecule has 0 amide bonds. The van der Waals surface area contributed by atoms with Gasteiger partial charge < -0.3 is 5.11 Å². The van der Waals surface area contributed by atoms with Gasteiger partial charge in [-0.3, -0.25) is 9.78 Å². The van der Waals surface area contributed by atoms with Crippen LogP contribution in [0.5, 0.6) is 0 Å². The Morgan fingerprint density at radius 2 is 2.14 bits per heavy atom. The van der Waals surface area contributed by atoms with E-state index in [4.69, 9.17) is 11.6 Å². The molecule has 1 N–H and O–H groups in total. The lowest BCUT2D eigenvalue weighted by atomic mass is 10.1. The third kappa shape index (κ3) is 2.79. The van der Waals surface area contributed by atoms with Crippen LogP contribution in [0, 0.1) is 0 Å². The number of aliphatic hydroxyl groups excluding tert-OH is 1. The number of rotatable bonds is 3. The van der Waals surface area contributed by atoms with Crippen LogP contribution in [0.2, 0.25) is 5.02 Å². The van der Waals surface area contributed by atoms with E-state index in [9.17, 15) is 9.90 Å². The summed E-state index contributed by atoms with van der Waals surface area (Å²) < 4.78 is 1.23. The van der Waals surface area contributed by atoms with Crippen LogP contribution in [0.3, 0.4) is 0 Å². The highest BCUT2D eigenvalue weighted by atomic mass is 35.5. The van der Waals surface area contributed by atoms with E-state index in [1.807, 2.05) is 0 Å². The van der Waals surface area contributed by atoms with E-state index in [1.54, 1.807) is 42.6 Å². The van der Waals surface area contributed by atoms with Crippen molar-refractivity contribution >= 4 is 22.5 Å². The minimum absolute atomic E-state index is 0.0595. The van der Waals surface area contributed by atoms with Gasteiger partial charge in [0.2, 0.25) is 0 Å². The van der Waals surface area contributed by atoms with Crippen molar-refractivity contribution in [2.24, 2.45) is 0 Å². The van der Waals surface area contributed by atoms with Gasteiger partial charge in [-0.2, -0.15) is 5.10 Å². The van der Waals surface area contributed by atoms with Crippen molar-refractivity contribution in [3.05, 3.63) is 69.7 Å². The predicted molar refractivity (Wildman–Crippen MR) is 80.2 cm³/mol. The fourth-order valence-corrected chi connectivity index (χ4v) is 2.33. The van der Waals surface area contributed by atoms with Crippen LogP contribution in [0.25, 0.3) is 10.9 Å². The molecule has 0 unspecified atom stereocenters. The van der Waals surface area contributed by atoms with Crippen LogP contribution in [0.4, 0.5) is 0 Å². The summed E-state index contributed by atoms with van der Waals surface area (Å²) in [5.41, 5.74) is 0.903. The minimum Gasteiger partial charge on any atom is -0.386 e. The van der Waals surface area contributed by atoms with Gasteiger partial charge in [0.05, 0.1) is 29.7 Å². The second-order valence-electron chi connectivity index (χ2n) is 4.64. The lowest BCUT2D eigenvalue weighted by molar-refractivity contribution is 0.149. The molecule has 21 heavy (non-hydrogen) atoms. The zero-order chi connectivity index (χ0) is 14.8. The lowest BCUT2D eigenvalue weighted by Crippen LogP contribution is -2.25. The molecular formula is C15H12ClN3O2. The molecule has 106 valence electrons. The molecule has 3 rings (SSSR count). The van der Waals surface area contributed by atoms with E-state index in [0.717, 1.165) is 0 Å². The normalized spacial score (nSPS) is 12.5. The monoisotopic (exact) mass is 301 g/mol. The van der Waals surface area contributed by atoms with Crippen molar-refractivity contribution in [2.75, 3.05) is 0 Å². The highest BCUT2D eigenvalue weighted by Gasteiger charge is 2.12. The molecule has 3 aromatic rings. The SMILES string of the molecule is O=c1c2cccnc2cnn1C[C@H](O)c1cccc(Cl)c1. The molecule has 2 aromatic heterocycles. The molecule has 0 saturated carbocycles. The average molecular weight is 302 g/mol. The number of aromatic nitrogens is 3. The predicted octanol–water partition coefficient (Wildman–Crippen LogP) is 2.18. The third-order valence-corrected chi connectivity index (χ3v) is 3.44. The smallest absolute Gasteiger partial charge is 0.276 e. The van der Waals surface area contributed by atoms with Crippen molar-refractivity contribution in [2.45, 2.75) is 12.6 Å². The van der Waals surface area contributed by atoms with Crippen LogP contribution in [-0.4, -0.2) is 19.9 Å². The molecule has 0 bridgehead atoms. The zero-order valence-electron chi connectivity index (χ0n) is 11.0. The van der Waals surface area contributed by atoms with Crippen LogP contribution in [0.1, 0.15) is 11.7 Å². The summed E-state index contributed by atoms with van der Waals surface area (Å²) in [6.07, 6.45) is 2.26. The van der Waals surface area contributed by atoms with Crippen LogP contribution >= 0.6 is 11.6 Å². The molecule has 2 heterocycles. The maximum atomic E-state index is 12.3. The molecule has 0 aliphatic heterocycles. The van der Waals surface area contributed by atoms with Crippen molar-refractivity contribution in [3.63, 3.8) is 0 Å². The van der Waals surface area contributed by atoms with Gasteiger partial charge in [-0.05, 0) is 29.8 Å². The Hall–Kier alpha value is -2.24. The molecule has 0 aliphatic rings. The molecule has 0 fully saturated rings. The Morgan fingerprint density at radius 1 is 1.29 bits per heavy atom. The van der Waals surface area contributed by atoms with Gasteiger partial charge in [0, 0.05) is 11.2 Å². The first-order valence-electron chi connectivity index (χ1n) is 6.39. The molecule has 0 aliphatic carbocycles. The fourth-order valence-electron chi connectivity index (χ4n) is 2.13. The number of nitrogens with zero attached hydrogens (tertiary/aromatic N) is 3. The maximum absolute atomic E-state index is 12.3. The first kappa shape index (κ1) is 13.7. The molecule has 6 heteroatoms. The van der Waals surface area contributed by atoms with E-state index in [1.165, 1.54) is 10.9 Å². The van der Waals surface area contributed by atoms with Crippen molar-refractivity contribution in [3.8, 4) is 0 Å². The number of hydrogen-bond donors (Lipinski definition) is 1. The standard InChI is InChI=1S/C15H12ClN3O2/c16-11-4-1-3-10(7-11)14(20)9-19-15(21)12-5-2-6-17-13(12)8-18-19/h1-8,14,20H,9H2/t14-/m0/s1. The third-order valence-electron chi connectivity index (χ3n) is 3.20. The number of hydrogen-bond acceptors (Lipinski definition) is 4. The highest BCUT2D eigenvalue weighted by Crippen LogP contribution is 2.18. The number of pyridine rings is 1. The summed E-state index contributed by atoms with van der Waals surface area (Å²) in [4.78, 5) is 16.4. The Bertz CT molecular complexity index is 847. The van der Waals surface area contributed by atoms with Crippen molar-refractivity contribution in [1.29, 1.82) is 0 Å². The number of aliphatic hydroxyl groups is 1. The van der Waals surface area contributed by atoms with Gasteiger partial charge in [-0.25, -0.2) is 4.68 Å². The van der Waals surface area contributed by atoms with Crippen molar-refractivity contribution in [1.82, 2.24) is 14.8 Å². The van der Waals surface area contributed by atoms with E-state index >= 15 is 0 Å². The molecule has 0 radical (unpaired) electrons. The second-order valence-corrected chi connectivity index (χ2v) is 5.08. The minimum atomic E-state index is -0.858. The van der Waals surface area contributed by atoms with Gasteiger partial charge in [-0.15, -0.1) is 0 Å². The van der Waals surface area contributed by atoms with E-state index in [2.05, 4.69) is 10.1 Å².